The van der Waals surface area contributed by atoms with Crippen molar-refractivity contribution in [3.8, 4) is 0 Å². The van der Waals surface area contributed by atoms with Crippen LogP contribution in [0.4, 0.5) is 0 Å². The summed E-state index contributed by atoms with van der Waals surface area (Å²) in [4.78, 5) is 21.7. The number of carbonyl (C=O) groups is 1. The minimum atomic E-state index is 0.389. The fourth-order valence-electron chi connectivity index (χ4n) is 3.70. The number of aromatic nitrogens is 2. The van der Waals surface area contributed by atoms with Crippen LogP contribution in [0.15, 0.2) is 12.5 Å². The number of nitrogens with zero attached hydrogens (tertiary/aromatic N) is 2. The Morgan fingerprint density at radius 3 is 2.60 bits per heavy atom. The zero-order valence-electron chi connectivity index (χ0n) is 12.2. The largest absolute Gasteiger partial charge is 0.348 e. The van der Waals surface area contributed by atoms with Gasteiger partial charge in [-0.3, -0.25) is 4.79 Å². The Kier molecular flexibility index (Phi) is 4.38. The maximum atomic E-state index is 12.4. The van der Waals surface area contributed by atoms with Gasteiger partial charge in [0.25, 0.3) is 0 Å². The van der Waals surface area contributed by atoms with E-state index in [0.29, 0.717) is 17.7 Å². The molecule has 1 saturated heterocycles. The number of aromatic amines is 1. The van der Waals surface area contributed by atoms with Crippen LogP contribution in [0.2, 0.25) is 0 Å². The van der Waals surface area contributed by atoms with Crippen molar-refractivity contribution in [1.82, 2.24) is 14.9 Å². The highest BCUT2D eigenvalue weighted by Crippen LogP contribution is 2.29. The smallest absolute Gasteiger partial charge is 0.222 e. The predicted molar refractivity (Wildman–Crippen MR) is 78.3 cm³/mol. The maximum absolute atomic E-state index is 12.4. The van der Waals surface area contributed by atoms with Gasteiger partial charge in [-0.05, 0) is 31.6 Å². The molecule has 0 atom stereocenters. The predicted octanol–water partition coefficient (Wildman–Crippen LogP) is 3.09. The summed E-state index contributed by atoms with van der Waals surface area (Å²) in [5.74, 6) is 1.60. The molecule has 2 heterocycles. The summed E-state index contributed by atoms with van der Waals surface area (Å²) in [6.07, 6.45) is 13.1. The molecule has 1 N–H and O–H groups in total. The number of hydrogen-bond donors (Lipinski definition) is 1. The quantitative estimate of drug-likeness (QED) is 0.921. The molecule has 4 heteroatoms. The van der Waals surface area contributed by atoms with Crippen molar-refractivity contribution in [2.75, 3.05) is 13.1 Å². The van der Waals surface area contributed by atoms with E-state index in [1.165, 1.54) is 37.8 Å². The van der Waals surface area contributed by atoms with Gasteiger partial charge in [0, 0.05) is 37.3 Å². The molecule has 1 amide bonds. The third-order valence-corrected chi connectivity index (χ3v) is 4.99. The Balaban J connectivity index is 1.46. The van der Waals surface area contributed by atoms with Crippen molar-refractivity contribution >= 4 is 5.91 Å². The van der Waals surface area contributed by atoms with Crippen molar-refractivity contribution in [3.05, 3.63) is 18.2 Å². The van der Waals surface area contributed by atoms with Crippen LogP contribution in [0.1, 0.15) is 63.0 Å². The van der Waals surface area contributed by atoms with E-state index in [1.54, 1.807) is 6.33 Å². The molecule has 2 aliphatic rings. The molecule has 4 nitrogen and oxygen atoms in total. The number of piperidine rings is 1. The summed E-state index contributed by atoms with van der Waals surface area (Å²) < 4.78 is 0. The molecule has 3 rings (SSSR count). The van der Waals surface area contributed by atoms with E-state index in [1.807, 2.05) is 6.20 Å². The van der Waals surface area contributed by atoms with Gasteiger partial charge in [-0.1, -0.05) is 19.3 Å². The number of H-pyrrole nitrogens is 1. The molecule has 0 aromatic carbocycles. The van der Waals surface area contributed by atoms with E-state index < -0.39 is 0 Å². The second-order valence-corrected chi connectivity index (χ2v) is 6.37. The second kappa shape index (κ2) is 6.42. The average Bonchev–Trinajstić information content (AvgIpc) is 3.03. The summed E-state index contributed by atoms with van der Waals surface area (Å²) in [5.41, 5.74) is 1.23. The van der Waals surface area contributed by atoms with Gasteiger partial charge in [-0.25, -0.2) is 4.98 Å². The highest BCUT2D eigenvalue weighted by Gasteiger charge is 2.26. The van der Waals surface area contributed by atoms with Gasteiger partial charge in [-0.15, -0.1) is 0 Å². The lowest BCUT2D eigenvalue weighted by atomic mass is 9.86. The molecular formula is C16H25N3O. The van der Waals surface area contributed by atoms with E-state index in [0.717, 1.165) is 32.4 Å². The normalized spacial score (nSPS) is 22.1. The molecular weight excluding hydrogens is 250 g/mol. The fourth-order valence-corrected chi connectivity index (χ4v) is 3.70. The summed E-state index contributed by atoms with van der Waals surface area (Å²) in [6, 6.07) is 0. The van der Waals surface area contributed by atoms with E-state index >= 15 is 0 Å². The van der Waals surface area contributed by atoms with Crippen LogP contribution in [0.5, 0.6) is 0 Å². The first-order valence-corrected chi connectivity index (χ1v) is 8.09. The third-order valence-electron chi connectivity index (χ3n) is 4.99. The van der Waals surface area contributed by atoms with Crippen molar-refractivity contribution in [2.24, 2.45) is 5.92 Å². The lowest BCUT2D eigenvalue weighted by Crippen LogP contribution is -2.38. The molecule has 1 aliphatic carbocycles. The van der Waals surface area contributed by atoms with Gasteiger partial charge in [0.1, 0.15) is 0 Å². The van der Waals surface area contributed by atoms with Crippen LogP contribution in [-0.2, 0) is 4.79 Å². The number of rotatable bonds is 3. The number of imidazole rings is 1. The molecule has 0 spiro atoms. The molecule has 1 aromatic rings. The third kappa shape index (κ3) is 3.22. The molecule has 1 aromatic heterocycles. The Morgan fingerprint density at radius 1 is 1.20 bits per heavy atom. The second-order valence-electron chi connectivity index (χ2n) is 6.37. The molecule has 0 unspecified atom stereocenters. The van der Waals surface area contributed by atoms with Crippen LogP contribution in [0.25, 0.3) is 0 Å². The summed E-state index contributed by atoms with van der Waals surface area (Å²) in [5, 5.41) is 0. The van der Waals surface area contributed by atoms with Crippen LogP contribution in [0.3, 0.4) is 0 Å². The summed E-state index contributed by atoms with van der Waals surface area (Å²) >= 11 is 0. The minimum Gasteiger partial charge on any atom is -0.348 e. The van der Waals surface area contributed by atoms with E-state index in [2.05, 4.69) is 14.9 Å². The van der Waals surface area contributed by atoms with E-state index in [9.17, 15) is 4.79 Å². The van der Waals surface area contributed by atoms with E-state index in [-0.39, 0.29) is 0 Å². The van der Waals surface area contributed by atoms with Crippen LogP contribution < -0.4 is 0 Å². The highest BCUT2D eigenvalue weighted by atomic mass is 16.2. The number of likely N-dealkylation sites (tertiary alicyclic amines) is 1. The van der Waals surface area contributed by atoms with Gasteiger partial charge in [-0.2, -0.15) is 0 Å². The average molecular weight is 275 g/mol. The van der Waals surface area contributed by atoms with Crippen molar-refractivity contribution in [2.45, 2.75) is 57.3 Å². The molecule has 2 fully saturated rings. The Labute approximate surface area is 121 Å². The van der Waals surface area contributed by atoms with Gasteiger partial charge >= 0.3 is 0 Å². The topological polar surface area (TPSA) is 49.0 Å². The first-order chi connectivity index (χ1) is 9.83. The minimum absolute atomic E-state index is 0.389. The Morgan fingerprint density at radius 2 is 1.95 bits per heavy atom. The first-order valence-electron chi connectivity index (χ1n) is 8.09. The zero-order valence-corrected chi connectivity index (χ0v) is 12.2. The lowest BCUT2D eigenvalue weighted by Gasteiger charge is -2.33. The number of hydrogen-bond acceptors (Lipinski definition) is 2. The van der Waals surface area contributed by atoms with Gasteiger partial charge in [0.2, 0.25) is 5.91 Å². The molecule has 1 saturated carbocycles. The summed E-state index contributed by atoms with van der Waals surface area (Å²) in [6.45, 7) is 1.82. The van der Waals surface area contributed by atoms with E-state index in [4.69, 9.17) is 0 Å². The maximum Gasteiger partial charge on any atom is 0.222 e. The van der Waals surface area contributed by atoms with Crippen molar-refractivity contribution in [3.63, 3.8) is 0 Å². The monoisotopic (exact) mass is 275 g/mol. The number of nitrogens with one attached hydrogen (secondary N) is 1. The van der Waals surface area contributed by atoms with Gasteiger partial charge < -0.3 is 9.88 Å². The number of carbonyl (C=O) groups excluding carboxylic acids is 1. The van der Waals surface area contributed by atoms with Crippen molar-refractivity contribution in [1.29, 1.82) is 0 Å². The van der Waals surface area contributed by atoms with Gasteiger partial charge in [0.05, 0.1) is 6.33 Å². The van der Waals surface area contributed by atoms with Crippen molar-refractivity contribution < 1.29 is 4.79 Å². The molecule has 1 aliphatic heterocycles. The Bertz CT molecular complexity index is 415. The number of amides is 1. The van der Waals surface area contributed by atoms with Crippen LogP contribution >= 0.6 is 0 Å². The zero-order chi connectivity index (χ0) is 13.8. The molecule has 0 radical (unpaired) electrons. The SMILES string of the molecule is O=C(CC1CCCCC1)N1CCC(c2cnc[nH]2)CC1. The molecule has 0 bridgehead atoms. The lowest BCUT2D eigenvalue weighted by molar-refractivity contribution is -0.133. The Hall–Kier alpha value is -1.32. The first kappa shape index (κ1) is 13.7. The van der Waals surface area contributed by atoms with Gasteiger partial charge in [0.15, 0.2) is 0 Å². The van der Waals surface area contributed by atoms with Crippen LogP contribution in [0, 0.1) is 5.92 Å². The standard InChI is InChI=1S/C16H25N3O/c20-16(10-13-4-2-1-3-5-13)19-8-6-14(7-9-19)15-11-17-12-18-15/h11-14H,1-10H2,(H,17,18). The highest BCUT2D eigenvalue weighted by molar-refractivity contribution is 5.76. The summed E-state index contributed by atoms with van der Waals surface area (Å²) in [7, 11) is 0. The molecule has 20 heavy (non-hydrogen) atoms. The fraction of sp³-hybridized carbons (Fsp3) is 0.750. The van der Waals surface area contributed by atoms with Crippen LogP contribution in [-0.4, -0.2) is 33.9 Å². The molecule has 110 valence electrons.